The molecule has 3 rings (SSSR count). The topological polar surface area (TPSA) is 38.7 Å². The standard InChI is InChI=1S/C32H42O3/c1-20-14-16-29(24(5)22(20)3)34-31(7,8)18-26-12-11-13-28(33)27(26)19-32(9,10)35-30-17-15-21(2)23(4)25(30)6/h11-17,33H,18-19H2,1-10H3. The summed E-state index contributed by atoms with van der Waals surface area (Å²) in [5.74, 6) is 2.10. The van der Waals surface area contributed by atoms with Crippen LogP contribution in [0.25, 0.3) is 0 Å². The molecule has 0 atom stereocenters. The van der Waals surface area contributed by atoms with Crippen LogP contribution in [0, 0.1) is 41.5 Å². The SMILES string of the molecule is Cc1ccc(OC(C)(C)Cc2cccc(O)c2CC(C)(C)Oc2ccc(C)c(C)c2C)c(C)c1C. The summed E-state index contributed by atoms with van der Waals surface area (Å²) in [6.07, 6.45) is 1.25. The zero-order valence-corrected chi connectivity index (χ0v) is 23.2. The Kier molecular flexibility index (Phi) is 7.59. The molecule has 0 bridgehead atoms. The van der Waals surface area contributed by atoms with Gasteiger partial charge in [0, 0.05) is 18.4 Å². The summed E-state index contributed by atoms with van der Waals surface area (Å²) in [6.45, 7) is 21.1. The van der Waals surface area contributed by atoms with E-state index in [1.807, 2.05) is 12.1 Å². The van der Waals surface area contributed by atoms with Crippen molar-refractivity contribution in [3.63, 3.8) is 0 Å². The fourth-order valence-electron chi connectivity index (χ4n) is 4.63. The van der Waals surface area contributed by atoms with Crippen LogP contribution in [-0.4, -0.2) is 16.3 Å². The third-order valence-corrected chi connectivity index (χ3v) is 7.26. The van der Waals surface area contributed by atoms with E-state index in [1.54, 1.807) is 6.07 Å². The lowest BCUT2D eigenvalue weighted by Gasteiger charge is -2.32. The lowest BCUT2D eigenvalue weighted by atomic mass is 9.88. The average Bonchev–Trinajstić information content (AvgIpc) is 2.77. The van der Waals surface area contributed by atoms with E-state index in [0.29, 0.717) is 18.6 Å². The highest BCUT2D eigenvalue weighted by atomic mass is 16.5. The molecule has 0 saturated heterocycles. The number of ether oxygens (including phenoxy) is 2. The molecule has 3 heteroatoms. The van der Waals surface area contributed by atoms with Crippen LogP contribution in [0.2, 0.25) is 0 Å². The van der Waals surface area contributed by atoms with Gasteiger partial charge in [0.1, 0.15) is 28.5 Å². The molecule has 0 unspecified atom stereocenters. The van der Waals surface area contributed by atoms with E-state index in [0.717, 1.165) is 28.2 Å². The summed E-state index contributed by atoms with van der Waals surface area (Å²) >= 11 is 0. The lowest BCUT2D eigenvalue weighted by molar-refractivity contribution is 0.102. The fraction of sp³-hybridized carbons (Fsp3) is 0.438. The van der Waals surface area contributed by atoms with Gasteiger partial charge in [-0.15, -0.1) is 0 Å². The zero-order valence-electron chi connectivity index (χ0n) is 23.2. The first-order chi connectivity index (χ1) is 16.2. The average molecular weight is 475 g/mol. The minimum absolute atomic E-state index is 0.300. The Morgan fingerprint density at radius 2 is 1.06 bits per heavy atom. The quantitative estimate of drug-likeness (QED) is 0.359. The summed E-state index contributed by atoms with van der Waals surface area (Å²) in [7, 11) is 0. The predicted octanol–water partition coefficient (Wildman–Crippen LogP) is 8.04. The largest absolute Gasteiger partial charge is 0.508 e. The number of hydrogen-bond donors (Lipinski definition) is 1. The van der Waals surface area contributed by atoms with E-state index in [9.17, 15) is 5.11 Å². The van der Waals surface area contributed by atoms with Crippen molar-refractivity contribution in [3.8, 4) is 17.2 Å². The van der Waals surface area contributed by atoms with Gasteiger partial charge in [-0.1, -0.05) is 24.3 Å². The Labute approximate surface area is 212 Å². The Morgan fingerprint density at radius 3 is 1.54 bits per heavy atom. The van der Waals surface area contributed by atoms with Crippen LogP contribution < -0.4 is 9.47 Å². The third-order valence-electron chi connectivity index (χ3n) is 7.26. The molecule has 3 aromatic rings. The zero-order chi connectivity index (χ0) is 26.1. The molecule has 0 radical (unpaired) electrons. The highest BCUT2D eigenvalue weighted by molar-refractivity contribution is 5.45. The van der Waals surface area contributed by atoms with Crippen LogP contribution >= 0.6 is 0 Å². The van der Waals surface area contributed by atoms with E-state index in [-0.39, 0.29) is 0 Å². The molecule has 3 aromatic carbocycles. The van der Waals surface area contributed by atoms with Crippen molar-refractivity contribution >= 4 is 0 Å². The Bertz CT molecular complexity index is 1220. The monoisotopic (exact) mass is 474 g/mol. The smallest absolute Gasteiger partial charge is 0.123 e. The second-order valence-electron chi connectivity index (χ2n) is 11.3. The highest BCUT2D eigenvalue weighted by Crippen LogP contribution is 2.34. The van der Waals surface area contributed by atoms with E-state index in [1.165, 1.54) is 27.8 Å². The van der Waals surface area contributed by atoms with Gasteiger partial charge in [0.15, 0.2) is 0 Å². The molecule has 0 fully saturated rings. The minimum Gasteiger partial charge on any atom is -0.508 e. The Hall–Kier alpha value is -2.94. The van der Waals surface area contributed by atoms with Gasteiger partial charge >= 0.3 is 0 Å². The summed E-state index contributed by atoms with van der Waals surface area (Å²) in [6, 6.07) is 14.1. The van der Waals surface area contributed by atoms with Crippen molar-refractivity contribution in [2.24, 2.45) is 0 Å². The normalized spacial score (nSPS) is 12.1. The van der Waals surface area contributed by atoms with Gasteiger partial charge in [-0.05, 0) is 126 Å². The molecule has 0 aliphatic heterocycles. The van der Waals surface area contributed by atoms with Crippen LogP contribution in [0.15, 0.2) is 42.5 Å². The highest BCUT2D eigenvalue weighted by Gasteiger charge is 2.28. The number of benzene rings is 3. The van der Waals surface area contributed by atoms with Crippen LogP contribution in [-0.2, 0) is 12.8 Å². The number of rotatable bonds is 8. The van der Waals surface area contributed by atoms with Crippen LogP contribution in [0.5, 0.6) is 17.2 Å². The molecule has 1 N–H and O–H groups in total. The maximum absolute atomic E-state index is 10.9. The van der Waals surface area contributed by atoms with Gasteiger partial charge in [0.2, 0.25) is 0 Å². The van der Waals surface area contributed by atoms with Crippen molar-refractivity contribution in [1.82, 2.24) is 0 Å². The predicted molar refractivity (Wildman–Crippen MR) is 146 cm³/mol. The molecule has 188 valence electrons. The van der Waals surface area contributed by atoms with Gasteiger partial charge in [0.25, 0.3) is 0 Å². The van der Waals surface area contributed by atoms with Crippen LogP contribution in [0.3, 0.4) is 0 Å². The molecular weight excluding hydrogens is 432 g/mol. The summed E-state index contributed by atoms with van der Waals surface area (Å²) in [5.41, 5.74) is 8.40. The van der Waals surface area contributed by atoms with Crippen molar-refractivity contribution in [2.75, 3.05) is 0 Å². The second-order valence-corrected chi connectivity index (χ2v) is 11.3. The van der Waals surface area contributed by atoms with E-state index in [4.69, 9.17) is 9.47 Å². The first kappa shape index (κ1) is 26.7. The van der Waals surface area contributed by atoms with Crippen molar-refractivity contribution in [1.29, 1.82) is 0 Å². The Balaban J connectivity index is 1.86. The molecule has 35 heavy (non-hydrogen) atoms. The molecule has 0 amide bonds. The van der Waals surface area contributed by atoms with Crippen LogP contribution in [0.4, 0.5) is 0 Å². The first-order valence-electron chi connectivity index (χ1n) is 12.5. The molecule has 3 nitrogen and oxygen atoms in total. The van der Waals surface area contributed by atoms with Crippen molar-refractivity contribution in [2.45, 2.75) is 93.3 Å². The third kappa shape index (κ3) is 6.20. The van der Waals surface area contributed by atoms with Gasteiger partial charge in [0.05, 0.1) is 0 Å². The molecule has 0 saturated carbocycles. The lowest BCUT2D eigenvalue weighted by Crippen LogP contribution is -2.34. The van der Waals surface area contributed by atoms with Crippen LogP contribution in [0.1, 0.15) is 72.2 Å². The number of aryl methyl sites for hydroxylation is 2. The molecule has 0 aliphatic carbocycles. The second kappa shape index (κ2) is 9.97. The summed E-state index contributed by atoms with van der Waals surface area (Å²) in [5, 5.41) is 10.9. The number of aromatic hydroxyl groups is 1. The van der Waals surface area contributed by atoms with Gasteiger partial charge in [-0.3, -0.25) is 0 Å². The van der Waals surface area contributed by atoms with E-state index in [2.05, 4.69) is 93.5 Å². The van der Waals surface area contributed by atoms with Crippen molar-refractivity contribution < 1.29 is 14.6 Å². The molecule has 0 spiro atoms. The molecule has 0 aliphatic rings. The number of phenols is 1. The van der Waals surface area contributed by atoms with Crippen molar-refractivity contribution in [3.05, 3.63) is 87.0 Å². The maximum Gasteiger partial charge on any atom is 0.123 e. The minimum atomic E-state index is -0.504. The van der Waals surface area contributed by atoms with E-state index >= 15 is 0 Å². The molecule has 0 aromatic heterocycles. The van der Waals surface area contributed by atoms with Gasteiger partial charge in [-0.2, -0.15) is 0 Å². The number of phenolic OH excluding ortho intramolecular Hbond substituents is 1. The van der Waals surface area contributed by atoms with E-state index < -0.39 is 11.2 Å². The maximum atomic E-state index is 10.9. The molecule has 0 heterocycles. The summed E-state index contributed by atoms with van der Waals surface area (Å²) < 4.78 is 13.0. The number of hydrogen-bond acceptors (Lipinski definition) is 3. The first-order valence-corrected chi connectivity index (χ1v) is 12.5. The van der Waals surface area contributed by atoms with Gasteiger partial charge in [-0.25, -0.2) is 0 Å². The molecular formula is C32H42O3. The Morgan fingerprint density at radius 1 is 0.600 bits per heavy atom. The summed E-state index contributed by atoms with van der Waals surface area (Å²) in [4.78, 5) is 0. The fourth-order valence-corrected chi connectivity index (χ4v) is 4.63. The van der Waals surface area contributed by atoms with Gasteiger partial charge < -0.3 is 14.6 Å².